The minimum Gasteiger partial charge on any atom is -0.332 e. The van der Waals surface area contributed by atoms with E-state index in [4.69, 9.17) is 23.8 Å². The Balaban J connectivity index is 1.61. The SMILES string of the molecule is Cc1ccc(C)c(NC(=S)Nc2cnn(Cc3ccc(Cl)cc3)c2)c1. The fourth-order valence-electron chi connectivity index (χ4n) is 2.45. The Kier molecular flexibility index (Phi) is 5.36. The van der Waals surface area contributed by atoms with Crippen LogP contribution < -0.4 is 10.6 Å². The van der Waals surface area contributed by atoms with Gasteiger partial charge in [0.05, 0.1) is 18.4 Å². The second-order valence-corrected chi connectivity index (χ2v) is 6.80. The van der Waals surface area contributed by atoms with Crippen LogP contribution in [0.15, 0.2) is 54.9 Å². The molecule has 0 aliphatic rings. The van der Waals surface area contributed by atoms with E-state index in [0.717, 1.165) is 27.5 Å². The smallest absolute Gasteiger partial charge is 0.175 e. The van der Waals surface area contributed by atoms with Crippen molar-refractivity contribution in [3.05, 3.63) is 76.6 Å². The maximum absolute atomic E-state index is 5.91. The van der Waals surface area contributed by atoms with Crippen LogP contribution in [0, 0.1) is 13.8 Å². The lowest BCUT2D eigenvalue weighted by atomic mass is 10.1. The summed E-state index contributed by atoms with van der Waals surface area (Å²) in [7, 11) is 0. The molecule has 0 saturated heterocycles. The molecule has 3 rings (SSSR count). The molecule has 2 N–H and O–H groups in total. The zero-order valence-corrected chi connectivity index (χ0v) is 15.7. The Bertz CT molecular complexity index is 887. The number of anilines is 2. The molecule has 2 aromatic carbocycles. The number of benzene rings is 2. The molecule has 1 heterocycles. The van der Waals surface area contributed by atoms with Crippen molar-refractivity contribution in [2.75, 3.05) is 10.6 Å². The first kappa shape index (κ1) is 17.5. The van der Waals surface area contributed by atoms with Crippen molar-refractivity contribution in [2.45, 2.75) is 20.4 Å². The predicted molar refractivity (Wildman–Crippen MR) is 109 cm³/mol. The van der Waals surface area contributed by atoms with Crippen molar-refractivity contribution in [3.63, 3.8) is 0 Å². The van der Waals surface area contributed by atoms with Gasteiger partial charge in [-0.3, -0.25) is 4.68 Å². The minimum atomic E-state index is 0.541. The molecular weight excluding hydrogens is 352 g/mol. The molecule has 0 aliphatic heterocycles. The van der Waals surface area contributed by atoms with Crippen molar-refractivity contribution in [2.24, 2.45) is 0 Å². The second-order valence-electron chi connectivity index (χ2n) is 5.95. The molecule has 4 nitrogen and oxygen atoms in total. The first-order valence-corrected chi connectivity index (χ1v) is 8.70. The molecule has 0 radical (unpaired) electrons. The third-order valence-electron chi connectivity index (χ3n) is 3.79. The molecule has 0 atom stereocenters. The van der Waals surface area contributed by atoms with E-state index >= 15 is 0 Å². The topological polar surface area (TPSA) is 41.9 Å². The van der Waals surface area contributed by atoms with Gasteiger partial charge in [0.25, 0.3) is 0 Å². The highest BCUT2D eigenvalue weighted by atomic mass is 35.5. The summed E-state index contributed by atoms with van der Waals surface area (Å²) >= 11 is 11.3. The summed E-state index contributed by atoms with van der Waals surface area (Å²) in [5.74, 6) is 0. The highest BCUT2D eigenvalue weighted by Crippen LogP contribution is 2.17. The van der Waals surface area contributed by atoms with E-state index in [1.165, 1.54) is 5.56 Å². The van der Waals surface area contributed by atoms with Crippen molar-refractivity contribution in [1.82, 2.24) is 9.78 Å². The predicted octanol–water partition coefficient (Wildman–Crippen LogP) is 5.01. The van der Waals surface area contributed by atoms with E-state index in [2.05, 4.69) is 47.8 Å². The molecule has 0 amide bonds. The average molecular weight is 371 g/mol. The number of thiocarbonyl (C=S) groups is 1. The zero-order chi connectivity index (χ0) is 17.8. The summed E-state index contributed by atoms with van der Waals surface area (Å²) < 4.78 is 1.85. The van der Waals surface area contributed by atoms with Crippen LogP contribution in [0.4, 0.5) is 11.4 Å². The van der Waals surface area contributed by atoms with Crippen molar-refractivity contribution in [3.8, 4) is 0 Å². The van der Waals surface area contributed by atoms with Gasteiger partial charge in [0.2, 0.25) is 0 Å². The van der Waals surface area contributed by atoms with Gasteiger partial charge in [-0.15, -0.1) is 0 Å². The molecule has 1 aromatic heterocycles. The number of hydrogen-bond donors (Lipinski definition) is 2. The van der Waals surface area contributed by atoms with Crippen LogP contribution in [-0.2, 0) is 6.54 Å². The van der Waals surface area contributed by atoms with E-state index in [1.54, 1.807) is 6.20 Å². The van der Waals surface area contributed by atoms with Gasteiger partial charge in [0.15, 0.2) is 5.11 Å². The molecule has 25 heavy (non-hydrogen) atoms. The van der Waals surface area contributed by atoms with Crippen LogP contribution in [0.25, 0.3) is 0 Å². The zero-order valence-electron chi connectivity index (χ0n) is 14.1. The summed E-state index contributed by atoms with van der Waals surface area (Å²) in [4.78, 5) is 0. The van der Waals surface area contributed by atoms with Gasteiger partial charge in [-0.2, -0.15) is 5.10 Å². The van der Waals surface area contributed by atoms with Gasteiger partial charge in [-0.05, 0) is 61.0 Å². The van der Waals surface area contributed by atoms with E-state index in [-0.39, 0.29) is 0 Å². The number of nitrogens with zero attached hydrogens (tertiary/aromatic N) is 2. The standard InChI is InChI=1S/C19H19ClN4S/c1-13-3-4-14(2)18(9-13)23-19(25)22-17-10-21-24(12-17)11-15-5-7-16(20)8-6-15/h3-10,12H,11H2,1-2H3,(H2,22,23,25). The molecular formula is C19H19ClN4S. The lowest BCUT2D eigenvalue weighted by Gasteiger charge is -2.12. The quantitative estimate of drug-likeness (QED) is 0.633. The molecule has 0 aliphatic carbocycles. The van der Waals surface area contributed by atoms with Gasteiger partial charge >= 0.3 is 0 Å². The van der Waals surface area contributed by atoms with Gasteiger partial charge < -0.3 is 10.6 Å². The van der Waals surface area contributed by atoms with Gasteiger partial charge in [-0.25, -0.2) is 0 Å². The Morgan fingerprint density at radius 1 is 1.12 bits per heavy atom. The van der Waals surface area contributed by atoms with Crippen LogP contribution in [-0.4, -0.2) is 14.9 Å². The number of hydrogen-bond acceptors (Lipinski definition) is 2. The number of nitrogens with one attached hydrogen (secondary N) is 2. The highest BCUT2D eigenvalue weighted by Gasteiger charge is 2.05. The molecule has 0 bridgehead atoms. The maximum Gasteiger partial charge on any atom is 0.175 e. The van der Waals surface area contributed by atoms with Gasteiger partial charge in [-0.1, -0.05) is 35.9 Å². The monoisotopic (exact) mass is 370 g/mol. The first-order valence-electron chi connectivity index (χ1n) is 7.92. The fourth-order valence-corrected chi connectivity index (χ4v) is 2.80. The van der Waals surface area contributed by atoms with Crippen LogP contribution in [0.1, 0.15) is 16.7 Å². The van der Waals surface area contributed by atoms with Crippen LogP contribution in [0.5, 0.6) is 0 Å². The number of rotatable bonds is 4. The molecule has 3 aromatic rings. The summed E-state index contributed by atoms with van der Waals surface area (Å²) in [5.41, 5.74) is 5.32. The van der Waals surface area contributed by atoms with E-state index in [9.17, 15) is 0 Å². The minimum absolute atomic E-state index is 0.541. The van der Waals surface area contributed by atoms with Crippen LogP contribution in [0.3, 0.4) is 0 Å². The average Bonchev–Trinajstić information content (AvgIpc) is 3.00. The molecule has 0 saturated carbocycles. The molecule has 0 unspecified atom stereocenters. The lowest BCUT2D eigenvalue weighted by Crippen LogP contribution is -2.19. The Morgan fingerprint density at radius 3 is 2.64 bits per heavy atom. The van der Waals surface area contributed by atoms with Crippen molar-refractivity contribution >= 4 is 40.3 Å². The fraction of sp³-hybridized carbons (Fsp3) is 0.158. The third kappa shape index (κ3) is 4.81. The number of aryl methyl sites for hydroxylation is 2. The molecule has 0 spiro atoms. The first-order chi connectivity index (χ1) is 12.0. The summed E-state index contributed by atoms with van der Waals surface area (Å²) in [6, 6.07) is 14.0. The normalized spacial score (nSPS) is 10.5. The number of halogens is 1. The third-order valence-corrected chi connectivity index (χ3v) is 4.25. The van der Waals surface area contributed by atoms with Crippen LogP contribution >= 0.6 is 23.8 Å². The molecule has 0 fully saturated rings. The molecule has 128 valence electrons. The van der Waals surface area contributed by atoms with Crippen LogP contribution in [0.2, 0.25) is 5.02 Å². The van der Waals surface area contributed by atoms with Crippen molar-refractivity contribution in [1.29, 1.82) is 0 Å². The van der Waals surface area contributed by atoms with Gasteiger partial charge in [0.1, 0.15) is 0 Å². The largest absolute Gasteiger partial charge is 0.332 e. The van der Waals surface area contributed by atoms with Gasteiger partial charge in [0, 0.05) is 16.9 Å². The Labute approximate surface area is 157 Å². The Morgan fingerprint density at radius 2 is 1.88 bits per heavy atom. The highest BCUT2D eigenvalue weighted by molar-refractivity contribution is 7.80. The van der Waals surface area contributed by atoms with E-state index in [1.807, 2.05) is 35.1 Å². The second kappa shape index (κ2) is 7.68. The number of aromatic nitrogens is 2. The summed E-state index contributed by atoms with van der Waals surface area (Å²) in [6.07, 6.45) is 3.68. The molecule has 6 heteroatoms. The van der Waals surface area contributed by atoms with Crippen molar-refractivity contribution < 1.29 is 0 Å². The van der Waals surface area contributed by atoms with E-state index < -0.39 is 0 Å². The Hall–Kier alpha value is -2.37. The van der Waals surface area contributed by atoms with E-state index in [0.29, 0.717) is 11.7 Å². The maximum atomic E-state index is 5.91. The summed E-state index contributed by atoms with van der Waals surface area (Å²) in [6.45, 7) is 4.78. The lowest BCUT2D eigenvalue weighted by molar-refractivity contribution is 0.687. The summed E-state index contributed by atoms with van der Waals surface area (Å²) in [5, 5.41) is 12.0.